The lowest BCUT2D eigenvalue weighted by Gasteiger charge is -2.27. The molecule has 0 atom stereocenters. The van der Waals surface area contributed by atoms with Crippen molar-refractivity contribution in [2.24, 2.45) is 10.7 Å². The van der Waals surface area contributed by atoms with Crippen molar-refractivity contribution in [1.29, 1.82) is 0 Å². The van der Waals surface area contributed by atoms with Crippen LogP contribution in [0.15, 0.2) is 23.2 Å². The Balaban J connectivity index is 0.00000220. The van der Waals surface area contributed by atoms with E-state index in [9.17, 15) is 0 Å². The molecule has 118 valence electrons. The number of rotatable bonds is 4. The van der Waals surface area contributed by atoms with Crippen molar-refractivity contribution in [3.8, 4) is 5.75 Å². The number of hydrogen-bond acceptors (Lipinski definition) is 3. The quantitative estimate of drug-likeness (QED) is 0.443. The minimum Gasteiger partial charge on any atom is -0.497 e. The number of nitrogens with zero attached hydrogens (tertiary/aromatic N) is 2. The van der Waals surface area contributed by atoms with Crippen molar-refractivity contribution in [2.75, 3.05) is 38.2 Å². The fourth-order valence-corrected chi connectivity index (χ4v) is 3.21. The molecule has 4 nitrogen and oxygen atoms in total. The first-order valence-electron chi connectivity index (χ1n) is 6.65. The summed E-state index contributed by atoms with van der Waals surface area (Å²) < 4.78 is 5.13. The van der Waals surface area contributed by atoms with Gasteiger partial charge in [-0.1, -0.05) is 17.7 Å². The Hall–Kier alpha value is -0.340. The molecule has 0 spiro atoms. The van der Waals surface area contributed by atoms with Crippen LogP contribution >= 0.6 is 47.3 Å². The number of halogens is 2. The lowest BCUT2D eigenvalue weighted by atomic mass is 10.1. The lowest BCUT2D eigenvalue weighted by molar-refractivity contribution is 0.414. The molecule has 2 N–H and O–H groups in total. The van der Waals surface area contributed by atoms with Crippen LogP contribution in [-0.4, -0.2) is 49.1 Å². The van der Waals surface area contributed by atoms with Crippen LogP contribution < -0.4 is 10.5 Å². The van der Waals surface area contributed by atoms with Crippen molar-refractivity contribution in [1.82, 2.24) is 4.90 Å². The Morgan fingerprint density at radius 1 is 1.43 bits per heavy atom. The van der Waals surface area contributed by atoms with E-state index in [1.54, 1.807) is 7.11 Å². The SMILES string of the molecule is COc1ccc(CCN=C(N)N2CCSCC2)c(Cl)c1.I. The minimum absolute atomic E-state index is 0. The Labute approximate surface area is 152 Å². The van der Waals surface area contributed by atoms with Gasteiger partial charge in [-0.25, -0.2) is 0 Å². The predicted octanol–water partition coefficient (Wildman–Crippen LogP) is 2.87. The molecular formula is C14H21ClIN3OS. The summed E-state index contributed by atoms with van der Waals surface area (Å²) in [6.45, 7) is 2.63. The van der Waals surface area contributed by atoms with E-state index < -0.39 is 0 Å². The van der Waals surface area contributed by atoms with Crippen LogP contribution in [0.1, 0.15) is 5.56 Å². The standard InChI is InChI=1S/C14H20ClN3OS.HI/c1-19-12-3-2-11(13(15)10-12)4-5-17-14(16)18-6-8-20-9-7-18;/h2-3,10H,4-9H2,1H3,(H2,16,17);1H. The molecule has 0 bridgehead atoms. The van der Waals surface area contributed by atoms with E-state index in [1.165, 1.54) is 0 Å². The maximum atomic E-state index is 6.20. The largest absolute Gasteiger partial charge is 0.497 e. The van der Waals surface area contributed by atoms with Gasteiger partial charge in [-0.3, -0.25) is 4.99 Å². The summed E-state index contributed by atoms with van der Waals surface area (Å²) >= 11 is 8.16. The van der Waals surface area contributed by atoms with Crippen LogP contribution in [0.3, 0.4) is 0 Å². The summed E-state index contributed by atoms with van der Waals surface area (Å²) in [5.41, 5.74) is 7.08. The number of nitrogens with two attached hydrogens (primary N) is 1. The van der Waals surface area contributed by atoms with Crippen LogP contribution in [0.5, 0.6) is 5.75 Å². The Morgan fingerprint density at radius 2 is 2.14 bits per heavy atom. The molecule has 0 aliphatic carbocycles. The van der Waals surface area contributed by atoms with E-state index in [1.807, 2.05) is 30.0 Å². The second-order valence-corrected chi connectivity index (χ2v) is 6.18. The van der Waals surface area contributed by atoms with E-state index in [0.29, 0.717) is 17.5 Å². The first kappa shape index (κ1) is 18.7. The van der Waals surface area contributed by atoms with Crippen LogP contribution in [0.4, 0.5) is 0 Å². The number of benzene rings is 1. The number of thioether (sulfide) groups is 1. The topological polar surface area (TPSA) is 50.9 Å². The zero-order valence-electron chi connectivity index (χ0n) is 12.0. The Morgan fingerprint density at radius 3 is 2.76 bits per heavy atom. The summed E-state index contributed by atoms with van der Waals surface area (Å²) in [5, 5.41) is 0.715. The highest BCUT2D eigenvalue weighted by atomic mass is 127. The number of methoxy groups -OCH3 is 1. The van der Waals surface area contributed by atoms with Gasteiger partial charge in [-0.2, -0.15) is 11.8 Å². The van der Waals surface area contributed by atoms with Crippen molar-refractivity contribution < 1.29 is 4.74 Å². The molecule has 0 unspecified atom stereocenters. The highest BCUT2D eigenvalue weighted by Crippen LogP contribution is 2.22. The number of ether oxygens (including phenoxy) is 1. The molecule has 0 radical (unpaired) electrons. The third-order valence-corrected chi connectivity index (χ3v) is 4.54. The molecule has 7 heteroatoms. The zero-order chi connectivity index (χ0) is 14.4. The van der Waals surface area contributed by atoms with Crippen molar-refractivity contribution in [2.45, 2.75) is 6.42 Å². The molecule has 1 aliphatic heterocycles. The zero-order valence-corrected chi connectivity index (χ0v) is 16.0. The molecule has 1 saturated heterocycles. The summed E-state index contributed by atoms with van der Waals surface area (Å²) in [6, 6.07) is 5.71. The second kappa shape index (κ2) is 9.63. The van der Waals surface area contributed by atoms with Crippen molar-refractivity contribution in [3.63, 3.8) is 0 Å². The average Bonchev–Trinajstić information content (AvgIpc) is 2.49. The van der Waals surface area contributed by atoms with Crippen LogP contribution in [0.25, 0.3) is 0 Å². The van der Waals surface area contributed by atoms with Gasteiger partial charge in [0.15, 0.2) is 5.96 Å². The lowest BCUT2D eigenvalue weighted by Crippen LogP contribution is -2.42. The van der Waals surface area contributed by atoms with E-state index in [2.05, 4.69) is 9.89 Å². The number of aliphatic imine (C=N–C) groups is 1. The summed E-state index contributed by atoms with van der Waals surface area (Å²) in [4.78, 5) is 6.59. The normalized spacial score (nSPS) is 15.5. The van der Waals surface area contributed by atoms with Gasteiger partial charge in [-0.05, 0) is 24.1 Å². The summed E-state index contributed by atoms with van der Waals surface area (Å²) in [6.07, 6.45) is 0.784. The minimum atomic E-state index is 0. The predicted molar refractivity (Wildman–Crippen MR) is 103 cm³/mol. The van der Waals surface area contributed by atoms with Crippen molar-refractivity contribution in [3.05, 3.63) is 28.8 Å². The van der Waals surface area contributed by atoms with Gasteiger partial charge in [-0.15, -0.1) is 24.0 Å². The third-order valence-electron chi connectivity index (χ3n) is 3.25. The second-order valence-electron chi connectivity index (χ2n) is 4.55. The monoisotopic (exact) mass is 441 g/mol. The van der Waals surface area contributed by atoms with E-state index in [-0.39, 0.29) is 24.0 Å². The molecule has 1 aromatic carbocycles. The molecule has 1 heterocycles. The number of guanidine groups is 1. The van der Waals surface area contributed by atoms with Crippen LogP contribution in [0, 0.1) is 0 Å². The summed E-state index contributed by atoms with van der Waals surface area (Å²) in [7, 11) is 1.63. The van der Waals surface area contributed by atoms with E-state index in [4.69, 9.17) is 22.1 Å². The van der Waals surface area contributed by atoms with Gasteiger partial charge in [0.2, 0.25) is 0 Å². The molecule has 1 fully saturated rings. The van der Waals surface area contributed by atoms with Gasteiger partial charge in [0.1, 0.15) is 5.75 Å². The van der Waals surface area contributed by atoms with Gasteiger partial charge < -0.3 is 15.4 Å². The molecule has 21 heavy (non-hydrogen) atoms. The van der Waals surface area contributed by atoms with Crippen LogP contribution in [0.2, 0.25) is 5.02 Å². The van der Waals surface area contributed by atoms with Gasteiger partial charge in [0, 0.05) is 36.2 Å². The van der Waals surface area contributed by atoms with E-state index in [0.717, 1.165) is 42.3 Å². The fraction of sp³-hybridized carbons (Fsp3) is 0.500. The fourth-order valence-electron chi connectivity index (χ4n) is 2.04. The molecule has 1 aliphatic rings. The summed E-state index contributed by atoms with van der Waals surface area (Å²) in [5.74, 6) is 3.67. The highest BCUT2D eigenvalue weighted by Gasteiger charge is 2.11. The molecule has 0 amide bonds. The van der Waals surface area contributed by atoms with Gasteiger partial charge in [0.25, 0.3) is 0 Å². The van der Waals surface area contributed by atoms with Gasteiger partial charge >= 0.3 is 0 Å². The first-order chi connectivity index (χ1) is 9.70. The van der Waals surface area contributed by atoms with Crippen LogP contribution in [-0.2, 0) is 6.42 Å². The first-order valence-corrected chi connectivity index (χ1v) is 8.19. The van der Waals surface area contributed by atoms with Crippen molar-refractivity contribution >= 4 is 53.3 Å². The number of hydrogen-bond donors (Lipinski definition) is 1. The highest BCUT2D eigenvalue weighted by molar-refractivity contribution is 14.0. The molecular weight excluding hydrogens is 421 g/mol. The maximum Gasteiger partial charge on any atom is 0.191 e. The molecule has 1 aromatic rings. The smallest absolute Gasteiger partial charge is 0.191 e. The van der Waals surface area contributed by atoms with E-state index >= 15 is 0 Å². The Bertz CT molecular complexity index is 481. The Kier molecular flexibility index (Phi) is 8.58. The molecule has 0 aromatic heterocycles. The van der Waals surface area contributed by atoms with Gasteiger partial charge in [0.05, 0.1) is 7.11 Å². The third kappa shape index (κ3) is 5.75. The molecule has 0 saturated carbocycles. The average molecular weight is 442 g/mol. The maximum absolute atomic E-state index is 6.20. The molecule has 2 rings (SSSR count).